The third-order valence-electron chi connectivity index (χ3n) is 2.95. The van der Waals surface area contributed by atoms with Gasteiger partial charge in [0.2, 0.25) is 5.91 Å². The van der Waals surface area contributed by atoms with Gasteiger partial charge in [0.1, 0.15) is 11.6 Å². The summed E-state index contributed by atoms with van der Waals surface area (Å²) in [7, 11) is 0. The van der Waals surface area contributed by atoms with Crippen LogP contribution in [0.5, 0.6) is 0 Å². The Kier molecular flexibility index (Phi) is 5.22. The first-order chi connectivity index (χ1) is 10.5. The first-order valence-corrected chi connectivity index (χ1v) is 6.86. The highest BCUT2D eigenvalue weighted by molar-refractivity contribution is 6.34. The van der Waals surface area contributed by atoms with Crippen LogP contribution in [-0.4, -0.2) is 11.6 Å². The van der Waals surface area contributed by atoms with Crippen molar-refractivity contribution >= 4 is 23.2 Å². The summed E-state index contributed by atoms with van der Waals surface area (Å²) in [4.78, 5) is 11.8. The fourth-order valence-electron chi connectivity index (χ4n) is 1.82. The SMILES string of the molecule is C/C(=N/NC(=O)Cc1ccc(F)cc1)c1ccc(F)cc1Cl. The van der Waals surface area contributed by atoms with Gasteiger partial charge in [-0.05, 0) is 42.8 Å². The molecule has 2 rings (SSSR count). The summed E-state index contributed by atoms with van der Waals surface area (Å²) in [6, 6.07) is 9.56. The molecule has 0 radical (unpaired) electrons. The van der Waals surface area contributed by atoms with Gasteiger partial charge in [0.15, 0.2) is 0 Å². The van der Waals surface area contributed by atoms with Gasteiger partial charge in [-0.3, -0.25) is 4.79 Å². The Labute approximate surface area is 131 Å². The van der Waals surface area contributed by atoms with E-state index in [9.17, 15) is 13.6 Å². The zero-order valence-electron chi connectivity index (χ0n) is 11.7. The van der Waals surface area contributed by atoms with Crippen LogP contribution in [-0.2, 0) is 11.2 Å². The molecule has 0 aromatic heterocycles. The second-order valence-corrected chi connectivity index (χ2v) is 5.07. The maximum absolute atomic E-state index is 13.0. The fourth-order valence-corrected chi connectivity index (χ4v) is 2.12. The molecule has 1 amide bonds. The van der Waals surface area contributed by atoms with Crippen LogP contribution in [0.25, 0.3) is 0 Å². The van der Waals surface area contributed by atoms with Crippen LogP contribution in [0.4, 0.5) is 8.78 Å². The maximum atomic E-state index is 13.0. The lowest BCUT2D eigenvalue weighted by molar-refractivity contribution is -0.120. The Morgan fingerprint density at radius 3 is 2.41 bits per heavy atom. The Morgan fingerprint density at radius 2 is 1.77 bits per heavy atom. The summed E-state index contributed by atoms with van der Waals surface area (Å²) in [6.45, 7) is 1.65. The van der Waals surface area contributed by atoms with Crippen molar-refractivity contribution in [1.82, 2.24) is 5.43 Å². The second kappa shape index (κ2) is 7.13. The summed E-state index contributed by atoms with van der Waals surface area (Å²) in [5, 5.41) is 4.15. The van der Waals surface area contributed by atoms with E-state index in [1.54, 1.807) is 6.92 Å². The van der Waals surface area contributed by atoms with Crippen LogP contribution in [0.1, 0.15) is 18.1 Å². The summed E-state index contributed by atoms with van der Waals surface area (Å²) < 4.78 is 25.7. The van der Waals surface area contributed by atoms with E-state index in [4.69, 9.17) is 11.6 Å². The van der Waals surface area contributed by atoms with Crippen molar-refractivity contribution in [2.45, 2.75) is 13.3 Å². The van der Waals surface area contributed by atoms with E-state index < -0.39 is 5.82 Å². The number of nitrogens with zero attached hydrogens (tertiary/aromatic N) is 1. The van der Waals surface area contributed by atoms with E-state index in [0.717, 1.165) is 0 Å². The monoisotopic (exact) mass is 322 g/mol. The second-order valence-electron chi connectivity index (χ2n) is 4.66. The van der Waals surface area contributed by atoms with Crippen molar-refractivity contribution in [3.8, 4) is 0 Å². The third kappa shape index (κ3) is 4.36. The molecule has 0 bridgehead atoms. The standard InChI is InChI=1S/C16H13ClF2N2O/c1-10(14-7-6-13(19)9-15(14)17)20-21-16(22)8-11-2-4-12(18)5-3-11/h2-7,9H,8H2,1H3,(H,21,22)/b20-10-. The molecule has 0 saturated carbocycles. The van der Waals surface area contributed by atoms with E-state index in [-0.39, 0.29) is 23.2 Å². The van der Waals surface area contributed by atoms with E-state index in [0.29, 0.717) is 16.8 Å². The average Bonchev–Trinajstić information content (AvgIpc) is 2.47. The van der Waals surface area contributed by atoms with Crippen molar-refractivity contribution < 1.29 is 13.6 Å². The summed E-state index contributed by atoms with van der Waals surface area (Å²) in [6.07, 6.45) is 0.0776. The number of halogens is 3. The van der Waals surface area contributed by atoms with Crippen LogP contribution in [0.2, 0.25) is 5.02 Å². The van der Waals surface area contributed by atoms with E-state index >= 15 is 0 Å². The van der Waals surface area contributed by atoms with Gasteiger partial charge < -0.3 is 0 Å². The third-order valence-corrected chi connectivity index (χ3v) is 3.26. The van der Waals surface area contributed by atoms with Crippen LogP contribution >= 0.6 is 11.6 Å². The Hall–Kier alpha value is -2.27. The van der Waals surface area contributed by atoms with Crippen molar-refractivity contribution in [1.29, 1.82) is 0 Å². The minimum Gasteiger partial charge on any atom is -0.273 e. The number of carbonyl (C=O) groups is 1. The largest absolute Gasteiger partial charge is 0.273 e. The Bertz CT molecular complexity index is 715. The molecule has 6 heteroatoms. The minimum absolute atomic E-state index is 0.0776. The minimum atomic E-state index is -0.443. The number of carbonyl (C=O) groups excluding carboxylic acids is 1. The van der Waals surface area contributed by atoms with Crippen LogP contribution < -0.4 is 5.43 Å². The highest BCUT2D eigenvalue weighted by Crippen LogP contribution is 2.17. The molecule has 0 aliphatic heterocycles. The van der Waals surface area contributed by atoms with Gasteiger partial charge in [-0.25, -0.2) is 14.2 Å². The van der Waals surface area contributed by atoms with Crippen molar-refractivity contribution in [3.05, 3.63) is 70.2 Å². The molecule has 3 nitrogen and oxygen atoms in total. The first-order valence-electron chi connectivity index (χ1n) is 6.48. The molecule has 1 N–H and O–H groups in total. The van der Waals surface area contributed by atoms with E-state index in [1.807, 2.05) is 0 Å². The zero-order chi connectivity index (χ0) is 16.1. The predicted molar refractivity (Wildman–Crippen MR) is 81.9 cm³/mol. The van der Waals surface area contributed by atoms with Crippen LogP contribution in [0.3, 0.4) is 0 Å². The molecule has 0 saturated heterocycles. The molecule has 0 fully saturated rings. The highest BCUT2D eigenvalue weighted by Gasteiger charge is 2.07. The summed E-state index contributed by atoms with van der Waals surface area (Å²) >= 11 is 5.92. The highest BCUT2D eigenvalue weighted by atomic mass is 35.5. The van der Waals surface area contributed by atoms with Gasteiger partial charge >= 0.3 is 0 Å². The molecule has 0 spiro atoms. The lowest BCUT2D eigenvalue weighted by Crippen LogP contribution is -2.21. The smallest absolute Gasteiger partial charge is 0.244 e. The van der Waals surface area contributed by atoms with Crippen LogP contribution in [0, 0.1) is 11.6 Å². The molecule has 0 atom stereocenters. The van der Waals surface area contributed by atoms with Gasteiger partial charge in [-0.2, -0.15) is 5.10 Å². The number of rotatable bonds is 4. The van der Waals surface area contributed by atoms with Crippen molar-refractivity contribution in [2.75, 3.05) is 0 Å². The fraction of sp³-hybridized carbons (Fsp3) is 0.125. The van der Waals surface area contributed by atoms with E-state index in [2.05, 4.69) is 10.5 Å². The van der Waals surface area contributed by atoms with Gasteiger partial charge in [0.25, 0.3) is 0 Å². The Morgan fingerprint density at radius 1 is 1.14 bits per heavy atom. The van der Waals surface area contributed by atoms with Crippen molar-refractivity contribution in [2.24, 2.45) is 5.10 Å². The van der Waals surface area contributed by atoms with Gasteiger partial charge in [-0.15, -0.1) is 0 Å². The number of hydrazone groups is 1. The number of hydrogen-bond donors (Lipinski definition) is 1. The molecule has 0 heterocycles. The van der Waals surface area contributed by atoms with Gasteiger partial charge in [0, 0.05) is 5.56 Å². The molecular formula is C16H13ClF2N2O. The molecule has 0 aliphatic rings. The summed E-state index contributed by atoms with van der Waals surface area (Å²) in [5.74, 6) is -1.14. The van der Waals surface area contributed by atoms with E-state index in [1.165, 1.54) is 42.5 Å². The molecule has 2 aromatic rings. The van der Waals surface area contributed by atoms with Crippen molar-refractivity contribution in [3.63, 3.8) is 0 Å². The average molecular weight is 323 g/mol. The van der Waals surface area contributed by atoms with Gasteiger partial charge in [0.05, 0.1) is 17.2 Å². The van der Waals surface area contributed by atoms with Gasteiger partial charge in [-0.1, -0.05) is 23.7 Å². The Balaban J connectivity index is 2.00. The number of nitrogens with one attached hydrogen (secondary N) is 1. The molecule has 0 unspecified atom stereocenters. The quantitative estimate of drug-likeness (QED) is 0.677. The number of benzene rings is 2. The summed E-state index contributed by atoms with van der Waals surface area (Å²) in [5.41, 5.74) is 4.05. The molecule has 2 aromatic carbocycles. The number of hydrogen-bond acceptors (Lipinski definition) is 2. The lowest BCUT2D eigenvalue weighted by atomic mass is 10.1. The topological polar surface area (TPSA) is 41.5 Å². The first kappa shape index (κ1) is 16.1. The van der Waals surface area contributed by atoms with Crippen LogP contribution in [0.15, 0.2) is 47.6 Å². The molecule has 114 valence electrons. The lowest BCUT2D eigenvalue weighted by Gasteiger charge is -2.05. The predicted octanol–water partition coefficient (Wildman–Crippen LogP) is 3.70. The maximum Gasteiger partial charge on any atom is 0.244 e. The molecule has 0 aliphatic carbocycles. The molecule has 22 heavy (non-hydrogen) atoms. The zero-order valence-corrected chi connectivity index (χ0v) is 12.5. The normalized spacial score (nSPS) is 11.4. The molecular weight excluding hydrogens is 310 g/mol. The number of amides is 1.